The van der Waals surface area contributed by atoms with E-state index in [0.717, 1.165) is 41.9 Å². The number of nitrogens with one attached hydrogen (secondary N) is 1. The van der Waals surface area contributed by atoms with Crippen LogP contribution in [0.4, 0.5) is 0 Å². The highest BCUT2D eigenvalue weighted by Crippen LogP contribution is 2.22. The molecular formula is C26H32N6O2. The predicted octanol–water partition coefficient (Wildman–Crippen LogP) is 3.91. The number of methoxy groups -OCH3 is 1. The normalized spacial score (nSPS) is 11.9. The number of tetrazole rings is 1. The van der Waals surface area contributed by atoms with Crippen LogP contribution in [0.1, 0.15) is 44.1 Å². The number of pyridine rings is 1. The summed E-state index contributed by atoms with van der Waals surface area (Å²) in [6.45, 7) is 8.17. The first-order valence-electron chi connectivity index (χ1n) is 11.6. The Morgan fingerprint density at radius 2 is 1.88 bits per heavy atom. The number of ether oxygens (including phenoxy) is 1. The molecule has 2 aromatic heterocycles. The molecule has 0 saturated carbocycles. The van der Waals surface area contributed by atoms with Crippen LogP contribution >= 0.6 is 0 Å². The standard InChI is InChI=1S/C26H32N6O2/c1-5-26(2,3)32-24(28-29-30-32)18-31(14-13-19-9-7-6-8-10-19)17-21-15-20-16-22(34-4)11-12-23(20)27-25(21)33/h6-12,15-16H,5,13-14,17-18H2,1-4H3,(H,27,33). The van der Waals surface area contributed by atoms with Crippen LogP contribution in [0.3, 0.4) is 0 Å². The summed E-state index contributed by atoms with van der Waals surface area (Å²) in [6.07, 6.45) is 1.76. The van der Waals surface area contributed by atoms with E-state index in [1.807, 2.05) is 47.1 Å². The average Bonchev–Trinajstić information content (AvgIpc) is 3.32. The molecule has 0 aliphatic carbocycles. The lowest BCUT2D eigenvalue weighted by molar-refractivity contribution is 0.225. The number of aromatic amines is 1. The summed E-state index contributed by atoms with van der Waals surface area (Å²) in [5.74, 6) is 1.55. The Hall–Kier alpha value is -3.52. The van der Waals surface area contributed by atoms with Crippen LogP contribution in [-0.4, -0.2) is 43.7 Å². The Balaban J connectivity index is 1.64. The van der Waals surface area contributed by atoms with E-state index in [0.29, 0.717) is 18.7 Å². The van der Waals surface area contributed by atoms with E-state index >= 15 is 0 Å². The van der Waals surface area contributed by atoms with Gasteiger partial charge in [-0.2, -0.15) is 0 Å². The number of aromatic nitrogens is 5. The van der Waals surface area contributed by atoms with Gasteiger partial charge in [-0.1, -0.05) is 37.3 Å². The van der Waals surface area contributed by atoms with Crippen molar-refractivity contribution in [1.82, 2.24) is 30.1 Å². The molecule has 34 heavy (non-hydrogen) atoms. The third-order valence-electron chi connectivity index (χ3n) is 6.42. The van der Waals surface area contributed by atoms with E-state index in [2.05, 4.69) is 58.3 Å². The molecule has 178 valence electrons. The van der Waals surface area contributed by atoms with Gasteiger partial charge in [-0.3, -0.25) is 9.69 Å². The van der Waals surface area contributed by atoms with Gasteiger partial charge in [0.1, 0.15) is 5.75 Å². The first-order chi connectivity index (χ1) is 16.4. The predicted molar refractivity (Wildman–Crippen MR) is 133 cm³/mol. The van der Waals surface area contributed by atoms with Crippen molar-refractivity contribution in [2.24, 2.45) is 0 Å². The summed E-state index contributed by atoms with van der Waals surface area (Å²) in [6, 6.07) is 18.0. The molecule has 0 aliphatic rings. The molecule has 0 aliphatic heterocycles. The van der Waals surface area contributed by atoms with Crippen molar-refractivity contribution in [3.63, 3.8) is 0 Å². The Kier molecular flexibility index (Phi) is 7.07. The van der Waals surface area contributed by atoms with Gasteiger partial charge in [0.05, 0.1) is 19.2 Å². The minimum Gasteiger partial charge on any atom is -0.497 e. The lowest BCUT2D eigenvalue weighted by atomic mass is 10.0. The zero-order valence-corrected chi connectivity index (χ0v) is 20.3. The van der Waals surface area contributed by atoms with Crippen LogP contribution in [0.15, 0.2) is 59.4 Å². The van der Waals surface area contributed by atoms with Crippen molar-refractivity contribution in [2.45, 2.75) is 52.2 Å². The van der Waals surface area contributed by atoms with Crippen molar-refractivity contribution in [3.05, 3.63) is 81.9 Å². The van der Waals surface area contributed by atoms with Gasteiger partial charge in [0.2, 0.25) is 0 Å². The van der Waals surface area contributed by atoms with Crippen LogP contribution in [0.5, 0.6) is 5.75 Å². The van der Waals surface area contributed by atoms with Gasteiger partial charge < -0.3 is 9.72 Å². The Morgan fingerprint density at radius 1 is 1.09 bits per heavy atom. The second-order valence-corrected chi connectivity index (χ2v) is 9.20. The van der Waals surface area contributed by atoms with Crippen molar-refractivity contribution < 1.29 is 4.74 Å². The molecule has 0 bridgehead atoms. The van der Waals surface area contributed by atoms with Gasteiger partial charge in [-0.15, -0.1) is 5.10 Å². The number of hydrogen-bond donors (Lipinski definition) is 1. The fraction of sp³-hybridized carbons (Fsp3) is 0.385. The summed E-state index contributed by atoms with van der Waals surface area (Å²) < 4.78 is 7.26. The monoisotopic (exact) mass is 460 g/mol. The largest absolute Gasteiger partial charge is 0.497 e. The molecule has 0 spiro atoms. The van der Waals surface area contributed by atoms with Gasteiger partial charge in [-0.25, -0.2) is 4.68 Å². The maximum absolute atomic E-state index is 12.9. The highest BCUT2D eigenvalue weighted by Gasteiger charge is 2.24. The Morgan fingerprint density at radius 3 is 2.62 bits per heavy atom. The average molecular weight is 461 g/mol. The molecule has 0 fully saturated rings. The Labute approximate surface area is 199 Å². The van der Waals surface area contributed by atoms with Crippen LogP contribution < -0.4 is 10.3 Å². The Bertz CT molecular complexity index is 1300. The highest BCUT2D eigenvalue weighted by atomic mass is 16.5. The molecule has 0 amide bonds. The lowest BCUT2D eigenvalue weighted by Crippen LogP contribution is -2.33. The van der Waals surface area contributed by atoms with Crippen LogP contribution in [0.2, 0.25) is 0 Å². The molecule has 0 unspecified atom stereocenters. The number of rotatable bonds is 10. The zero-order chi connectivity index (χ0) is 24.1. The molecule has 4 rings (SSSR count). The SMILES string of the molecule is CCC(C)(C)n1nnnc1CN(CCc1ccccc1)Cc1cc2cc(OC)ccc2[nH]c1=O. The lowest BCUT2D eigenvalue weighted by Gasteiger charge is -2.27. The van der Waals surface area contributed by atoms with Gasteiger partial charge in [0.25, 0.3) is 5.56 Å². The van der Waals surface area contributed by atoms with Crippen molar-refractivity contribution in [1.29, 1.82) is 0 Å². The van der Waals surface area contributed by atoms with Crippen molar-refractivity contribution in [2.75, 3.05) is 13.7 Å². The van der Waals surface area contributed by atoms with Crippen molar-refractivity contribution in [3.8, 4) is 5.75 Å². The van der Waals surface area contributed by atoms with Crippen LogP contribution in [-0.2, 0) is 25.0 Å². The molecule has 8 heteroatoms. The maximum atomic E-state index is 12.9. The molecule has 2 heterocycles. The molecule has 2 aromatic carbocycles. The quantitative estimate of drug-likeness (QED) is 0.386. The van der Waals surface area contributed by atoms with Gasteiger partial charge in [0.15, 0.2) is 5.82 Å². The van der Waals surface area contributed by atoms with Crippen LogP contribution in [0.25, 0.3) is 10.9 Å². The minimum atomic E-state index is -0.194. The van der Waals surface area contributed by atoms with E-state index in [-0.39, 0.29) is 11.1 Å². The third-order valence-corrected chi connectivity index (χ3v) is 6.42. The summed E-state index contributed by atoms with van der Waals surface area (Å²) in [7, 11) is 1.64. The van der Waals surface area contributed by atoms with Gasteiger partial charge in [-0.05, 0) is 66.9 Å². The fourth-order valence-corrected chi connectivity index (χ4v) is 3.99. The number of hydrogen-bond acceptors (Lipinski definition) is 6. The molecule has 4 aromatic rings. The molecule has 0 radical (unpaired) electrons. The van der Waals surface area contributed by atoms with Gasteiger partial charge in [0, 0.05) is 29.6 Å². The van der Waals surface area contributed by atoms with E-state index in [9.17, 15) is 4.79 Å². The van der Waals surface area contributed by atoms with Gasteiger partial charge >= 0.3 is 0 Å². The minimum absolute atomic E-state index is 0.0872. The smallest absolute Gasteiger partial charge is 0.252 e. The molecule has 8 nitrogen and oxygen atoms in total. The van der Waals surface area contributed by atoms with Crippen molar-refractivity contribution >= 4 is 10.9 Å². The first-order valence-corrected chi connectivity index (χ1v) is 11.6. The second kappa shape index (κ2) is 10.2. The number of nitrogens with zero attached hydrogens (tertiary/aromatic N) is 5. The molecule has 1 N–H and O–H groups in total. The molecule has 0 saturated heterocycles. The van der Waals surface area contributed by atoms with Crippen LogP contribution in [0, 0.1) is 0 Å². The van der Waals surface area contributed by atoms with E-state index in [1.54, 1.807) is 7.11 Å². The van der Waals surface area contributed by atoms with E-state index in [4.69, 9.17) is 4.74 Å². The fourth-order valence-electron chi connectivity index (χ4n) is 3.99. The summed E-state index contributed by atoms with van der Waals surface area (Å²) >= 11 is 0. The summed E-state index contributed by atoms with van der Waals surface area (Å²) in [5, 5.41) is 13.5. The topological polar surface area (TPSA) is 88.9 Å². The van der Waals surface area contributed by atoms with E-state index in [1.165, 1.54) is 5.56 Å². The van der Waals surface area contributed by atoms with E-state index < -0.39 is 0 Å². The summed E-state index contributed by atoms with van der Waals surface area (Å²) in [5.41, 5.74) is 2.46. The first kappa shape index (κ1) is 23.6. The number of benzene rings is 2. The zero-order valence-electron chi connectivity index (χ0n) is 20.3. The number of fused-ring (bicyclic) bond motifs is 1. The molecular weight excluding hydrogens is 428 g/mol. The number of H-pyrrole nitrogens is 1. The summed E-state index contributed by atoms with van der Waals surface area (Å²) in [4.78, 5) is 18.2. The second-order valence-electron chi connectivity index (χ2n) is 9.20. The highest BCUT2D eigenvalue weighted by molar-refractivity contribution is 5.80. The maximum Gasteiger partial charge on any atom is 0.252 e. The third kappa shape index (κ3) is 5.34. The molecule has 0 atom stereocenters.